The first-order valence-corrected chi connectivity index (χ1v) is 6.92. The summed E-state index contributed by atoms with van der Waals surface area (Å²) in [7, 11) is 0. The van der Waals surface area contributed by atoms with Gasteiger partial charge in [-0.3, -0.25) is 4.68 Å². The van der Waals surface area contributed by atoms with E-state index in [1.165, 1.54) is 11.3 Å². The molecule has 0 aliphatic carbocycles. The van der Waals surface area contributed by atoms with Gasteiger partial charge in [0.05, 0.1) is 27.3 Å². The van der Waals surface area contributed by atoms with Crippen LogP contribution in [0.2, 0.25) is 9.36 Å². The highest BCUT2D eigenvalue weighted by Crippen LogP contribution is 2.32. The molecule has 2 aromatic heterocycles. The Labute approximate surface area is 114 Å². The Morgan fingerprint density at radius 2 is 2.24 bits per heavy atom. The molecule has 3 nitrogen and oxygen atoms in total. The molecule has 0 fully saturated rings. The van der Waals surface area contributed by atoms with Crippen LogP contribution in [-0.2, 0) is 6.54 Å². The first kappa shape index (κ1) is 12.9. The van der Waals surface area contributed by atoms with Crippen molar-refractivity contribution in [2.75, 3.05) is 0 Å². The number of aromatic nitrogens is 2. The fourth-order valence-electron chi connectivity index (χ4n) is 1.70. The molecule has 0 spiro atoms. The summed E-state index contributed by atoms with van der Waals surface area (Å²) in [4.78, 5) is 0.995. The zero-order valence-electron chi connectivity index (χ0n) is 9.36. The predicted molar refractivity (Wildman–Crippen MR) is 72.9 cm³/mol. The van der Waals surface area contributed by atoms with Crippen LogP contribution < -0.4 is 5.73 Å². The molecule has 2 N–H and O–H groups in total. The monoisotopic (exact) mass is 289 g/mol. The van der Waals surface area contributed by atoms with Gasteiger partial charge in [0.25, 0.3) is 0 Å². The second kappa shape index (κ2) is 5.40. The van der Waals surface area contributed by atoms with E-state index >= 15 is 0 Å². The fourth-order valence-corrected chi connectivity index (χ4v) is 3.03. The zero-order chi connectivity index (χ0) is 12.4. The Kier molecular flexibility index (Phi) is 4.09. The van der Waals surface area contributed by atoms with E-state index in [4.69, 9.17) is 28.9 Å². The molecule has 2 rings (SSSR count). The van der Waals surface area contributed by atoms with Gasteiger partial charge in [0, 0.05) is 11.4 Å². The lowest BCUT2D eigenvalue weighted by atomic mass is 10.2. The molecule has 2 aromatic rings. The molecule has 0 saturated heterocycles. The maximum absolute atomic E-state index is 6.21. The summed E-state index contributed by atoms with van der Waals surface area (Å²) in [5.74, 6) is 0. The molecule has 1 atom stereocenters. The van der Waals surface area contributed by atoms with Crippen LogP contribution >= 0.6 is 34.5 Å². The van der Waals surface area contributed by atoms with Crippen LogP contribution in [-0.4, -0.2) is 9.78 Å². The summed E-state index contributed by atoms with van der Waals surface area (Å²) in [5, 5.41) is 4.84. The van der Waals surface area contributed by atoms with Gasteiger partial charge in [-0.15, -0.1) is 11.3 Å². The molecule has 0 amide bonds. The number of rotatable bonds is 4. The van der Waals surface area contributed by atoms with Crippen LogP contribution in [0.25, 0.3) is 0 Å². The number of aryl methyl sites for hydroxylation is 1. The minimum atomic E-state index is -0.269. The lowest BCUT2D eigenvalue weighted by Gasteiger charge is -2.13. The third-order valence-electron chi connectivity index (χ3n) is 2.46. The Morgan fingerprint density at radius 3 is 2.82 bits per heavy atom. The minimum Gasteiger partial charge on any atom is -0.318 e. The maximum atomic E-state index is 6.21. The molecule has 0 aliphatic rings. The van der Waals surface area contributed by atoms with E-state index in [2.05, 4.69) is 12.0 Å². The van der Waals surface area contributed by atoms with Gasteiger partial charge in [0.2, 0.25) is 0 Å². The minimum absolute atomic E-state index is 0.269. The summed E-state index contributed by atoms with van der Waals surface area (Å²) in [6.07, 6.45) is 2.63. The van der Waals surface area contributed by atoms with E-state index in [1.807, 2.05) is 16.8 Å². The average molecular weight is 290 g/mol. The predicted octanol–water partition coefficient (Wildman–Crippen LogP) is 3.71. The first-order chi connectivity index (χ1) is 8.13. The second-order valence-corrected chi connectivity index (χ2v) is 5.87. The van der Waals surface area contributed by atoms with E-state index in [0.29, 0.717) is 5.02 Å². The number of thiophene rings is 1. The third kappa shape index (κ3) is 2.65. The van der Waals surface area contributed by atoms with Gasteiger partial charge < -0.3 is 5.73 Å². The number of hydrogen-bond acceptors (Lipinski definition) is 3. The van der Waals surface area contributed by atoms with Gasteiger partial charge in [0.15, 0.2) is 0 Å². The summed E-state index contributed by atoms with van der Waals surface area (Å²) in [5.41, 5.74) is 7.07. The molecule has 0 aliphatic heterocycles. The quantitative estimate of drug-likeness (QED) is 0.932. The fraction of sp³-hybridized carbons (Fsp3) is 0.364. The van der Waals surface area contributed by atoms with Crippen molar-refractivity contribution in [1.29, 1.82) is 0 Å². The molecule has 92 valence electrons. The van der Waals surface area contributed by atoms with Crippen LogP contribution in [0, 0.1) is 0 Å². The van der Waals surface area contributed by atoms with Crippen molar-refractivity contribution in [2.24, 2.45) is 5.73 Å². The van der Waals surface area contributed by atoms with Crippen LogP contribution in [0.5, 0.6) is 0 Å². The highest BCUT2D eigenvalue weighted by atomic mass is 35.5. The smallest absolute Gasteiger partial charge is 0.0931 e. The molecule has 17 heavy (non-hydrogen) atoms. The van der Waals surface area contributed by atoms with Gasteiger partial charge in [0.1, 0.15) is 0 Å². The lowest BCUT2D eigenvalue weighted by Crippen LogP contribution is -2.17. The van der Waals surface area contributed by atoms with E-state index in [9.17, 15) is 0 Å². The first-order valence-electron chi connectivity index (χ1n) is 5.35. The largest absolute Gasteiger partial charge is 0.318 e. The molecule has 0 saturated carbocycles. The van der Waals surface area contributed by atoms with Gasteiger partial charge in [-0.2, -0.15) is 5.10 Å². The summed E-state index contributed by atoms with van der Waals surface area (Å²) < 4.78 is 2.59. The Morgan fingerprint density at radius 1 is 1.47 bits per heavy atom. The summed E-state index contributed by atoms with van der Waals surface area (Å²) in [6.45, 7) is 2.90. The highest BCUT2D eigenvalue weighted by Gasteiger charge is 2.19. The lowest BCUT2D eigenvalue weighted by molar-refractivity contribution is 0.561. The van der Waals surface area contributed by atoms with E-state index in [-0.39, 0.29) is 6.04 Å². The van der Waals surface area contributed by atoms with Gasteiger partial charge in [-0.1, -0.05) is 30.1 Å². The van der Waals surface area contributed by atoms with Crippen LogP contribution in [0.15, 0.2) is 18.3 Å². The standard InChI is InChI=1S/C11H13Cl2N3S/c1-2-5-16-11(7(12)6-15-16)10(14)8-3-4-9(13)17-8/h3-4,6,10H,2,5,14H2,1H3. The van der Waals surface area contributed by atoms with Crippen LogP contribution in [0.3, 0.4) is 0 Å². The molecule has 0 aromatic carbocycles. The van der Waals surface area contributed by atoms with Gasteiger partial charge in [-0.05, 0) is 18.6 Å². The topological polar surface area (TPSA) is 43.8 Å². The van der Waals surface area contributed by atoms with Crippen molar-refractivity contribution < 1.29 is 0 Å². The summed E-state index contributed by atoms with van der Waals surface area (Å²) >= 11 is 13.5. The number of halogens is 2. The molecule has 0 radical (unpaired) electrons. The van der Waals surface area contributed by atoms with Gasteiger partial charge in [-0.25, -0.2) is 0 Å². The molecule has 6 heteroatoms. The number of nitrogens with two attached hydrogens (primary N) is 1. The van der Waals surface area contributed by atoms with Crippen molar-refractivity contribution in [3.05, 3.63) is 38.3 Å². The zero-order valence-corrected chi connectivity index (χ0v) is 11.7. The number of hydrogen-bond donors (Lipinski definition) is 1. The van der Waals surface area contributed by atoms with E-state index in [0.717, 1.165) is 27.9 Å². The van der Waals surface area contributed by atoms with Gasteiger partial charge >= 0.3 is 0 Å². The Balaban J connectivity index is 2.35. The number of nitrogens with zero attached hydrogens (tertiary/aromatic N) is 2. The van der Waals surface area contributed by atoms with Crippen molar-refractivity contribution in [2.45, 2.75) is 25.9 Å². The Bertz CT molecular complexity index is 507. The molecule has 1 unspecified atom stereocenters. The average Bonchev–Trinajstić information content (AvgIpc) is 2.86. The maximum Gasteiger partial charge on any atom is 0.0931 e. The molecule has 0 bridgehead atoms. The summed E-state index contributed by atoms with van der Waals surface area (Å²) in [6, 6.07) is 3.50. The third-order valence-corrected chi connectivity index (χ3v) is 4.07. The molecular formula is C11H13Cl2N3S. The van der Waals surface area contributed by atoms with Crippen molar-refractivity contribution in [1.82, 2.24) is 9.78 Å². The molecular weight excluding hydrogens is 277 g/mol. The van der Waals surface area contributed by atoms with Crippen LogP contribution in [0.4, 0.5) is 0 Å². The second-order valence-electron chi connectivity index (χ2n) is 3.72. The Hall–Kier alpha value is -0.550. The normalized spacial score (nSPS) is 12.9. The van der Waals surface area contributed by atoms with Crippen molar-refractivity contribution >= 4 is 34.5 Å². The molecule has 2 heterocycles. The SMILES string of the molecule is CCCn1ncc(Cl)c1C(N)c1ccc(Cl)s1. The van der Waals surface area contributed by atoms with Crippen molar-refractivity contribution in [3.8, 4) is 0 Å². The van der Waals surface area contributed by atoms with Crippen molar-refractivity contribution in [3.63, 3.8) is 0 Å². The van der Waals surface area contributed by atoms with E-state index < -0.39 is 0 Å². The van der Waals surface area contributed by atoms with Crippen LogP contribution in [0.1, 0.15) is 30.0 Å². The highest BCUT2D eigenvalue weighted by molar-refractivity contribution is 7.16. The van der Waals surface area contributed by atoms with E-state index in [1.54, 1.807) is 6.20 Å².